The second-order valence-electron chi connectivity index (χ2n) is 17.8. The summed E-state index contributed by atoms with van der Waals surface area (Å²) in [5.41, 5.74) is 2.25. The summed E-state index contributed by atoms with van der Waals surface area (Å²) in [6.07, 6.45) is 8.04. The summed E-state index contributed by atoms with van der Waals surface area (Å²) in [5.74, 6) is 0.0225. The zero-order chi connectivity index (χ0) is 39.4. The Balaban J connectivity index is 1.13. The van der Waals surface area contributed by atoms with Crippen molar-refractivity contribution in [3.8, 4) is 5.75 Å². The van der Waals surface area contributed by atoms with Crippen LogP contribution in [0.1, 0.15) is 80.3 Å². The molecule has 2 amide bonds. The normalized spacial score (nSPS) is 33.8. The van der Waals surface area contributed by atoms with Gasteiger partial charge in [-0.15, -0.1) is 0 Å². The number of hydrogen-bond donors (Lipinski definition) is 2. The molecule has 4 heterocycles. The maximum Gasteiger partial charge on any atom is 0.264 e. The summed E-state index contributed by atoms with van der Waals surface area (Å²) in [7, 11) is -3.99. The van der Waals surface area contributed by atoms with Crippen LogP contribution in [0, 0.1) is 17.8 Å². The molecular formula is C43H58ClN5O6S. The number of ether oxygens (including phenoxy) is 1. The fourth-order valence-corrected chi connectivity index (χ4v) is 12.4. The van der Waals surface area contributed by atoms with Gasteiger partial charge < -0.3 is 19.6 Å². The number of carbonyl (C=O) groups is 2. The number of β-amino-alcohol motifs (C(OH)–C–C–N with tert-alkyl or cyclic N) is 1. The second-order valence-corrected chi connectivity index (χ2v) is 20.3. The highest BCUT2D eigenvalue weighted by Crippen LogP contribution is 2.49. The van der Waals surface area contributed by atoms with E-state index in [0.29, 0.717) is 64.3 Å². The van der Waals surface area contributed by atoms with Gasteiger partial charge in [-0.05, 0) is 117 Å². The molecular weight excluding hydrogens is 750 g/mol. The highest BCUT2D eigenvalue weighted by atomic mass is 35.5. The molecule has 3 fully saturated rings. The number of fused-ring (bicyclic) bond motifs is 5. The van der Waals surface area contributed by atoms with E-state index >= 15 is 0 Å². The average molecular weight is 808 g/mol. The van der Waals surface area contributed by atoms with Crippen molar-refractivity contribution < 1.29 is 27.9 Å². The van der Waals surface area contributed by atoms with Gasteiger partial charge >= 0.3 is 0 Å². The average Bonchev–Trinajstić information content (AvgIpc) is 3.31. The van der Waals surface area contributed by atoms with Gasteiger partial charge in [0.25, 0.3) is 5.91 Å². The Morgan fingerprint density at radius 1 is 1.04 bits per heavy atom. The number of halogens is 1. The lowest BCUT2D eigenvalue weighted by Crippen LogP contribution is -2.65. The van der Waals surface area contributed by atoms with Crippen LogP contribution in [0.25, 0.3) is 0 Å². The predicted octanol–water partition coefficient (Wildman–Crippen LogP) is 4.85. The second kappa shape index (κ2) is 15.5. The van der Waals surface area contributed by atoms with Crippen molar-refractivity contribution in [1.82, 2.24) is 19.4 Å². The number of nitrogens with one attached hydrogen (secondary N) is 1. The van der Waals surface area contributed by atoms with E-state index in [1.165, 1.54) is 17.2 Å². The van der Waals surface area contributed by atoms with Crippen molar-refractivity contribution in [2.24, 2.45) is 17.8 Å². The molecule has 4 aliphatic heterocycles. The van der Waals surface area contributed by atoms with Crippen LogP contribution in [0.2, 0.25) is 5.02 Å². The third kappa shape index (κ3) is 7.61. The molecule has 2 bridgehead atoms. The van der Waals surface area contributed by atoms with Crippen LogP contribution in [0.3, 0.4) is 0 Å². The van der Waals surface area contributed by atoms with Gasteiger partial charge in [-0.3, -0.25) is 19.4 Å². The molecule has 8 rings (SSSR count). The molecule has 6 aliphatic rings. The number of aryl methyl sites for hydroxylation is 1. The summed E-state index contributed by atoms with van der Waals surface area (Å²) in [6, 6.07) is 11.7. The van der Waals surface area contributed by atoms with Crippen molar-refractivity contribution in [3.63, 3.8) is 0 Å². The quantitative estimate of drug-likeness (QED) is 0.420. The van der Waals surface area contributed by atoms with Crippen LogP contribution >= 0.6 is 11.6 Å². The van der Waals surface area contributed by atoms with Gasteiger partial charge in [0.1, 0.15) is 5.75 Å². The minimum atomic E-state index is -3.99. The van der Waals surface area contributed by atoms with E-state index in [2.05, 4.69) is 38.1 Å². The molecule has 7 atom stereocenters. The molecule has 0 unspecified atom stereocenters. The fraction of sp³-hybridized carbons (Fsp3) is 0.628. The smallest absolute Gasteiger partial charge is 0.264 e. The number of nitrogens with zero attached hydrogens (tertiary/aromatic N) is 4. The third-order valence-electron chi connectivity index (χ3n) is 14.4. The molecule has 2 N–H and O–H groups in total. The number of aliphatic hydroxyl groups is 1. The molecule has 0 aromatic heterocycles. The molecule has 2 aromatic rings. The molecule has 2 aromatic carbocycles. The minimum absolute atomic E-state index is 0.0323. The van der Waals surface area contributed by atoms with E-state index in [9.17, 15) is 23.1 Å². The minimum Gasteiger partial charge on any atom is -0.490 e. The maximum atomic E-state index is 13.7. The molecule has 2 aliphatic carbocycles. The molecule has 304 valence electrons. The first-order valence-electron chi connectivity index (χ1n) is 20.7. The van der Waals surface area contributed by atoms with Crippen LogP contribution in [0.4, 0.5) is 5.69 Å². The lowest BCUT2D eigenvalue weighted by molar-refractivity contribution is -0.132. The molecule has 11 nitrogen and oxygen atoms in total. The largest absolute Gasteiger partial charge is 0.490 e. The highest BCUT2D eigenvalue weighted by Gasteiger charge is 2.50. The Labute approximate surface area is 337 Å². The number of piperazine rings is 2. The van der Waals surface area contributed by atoms with Crippen molar-refractivity contribution in [2.45, 2.75) is 87.5 Å². The Bertz CT molecular complexity index is 1960. The number of rotatable bonds is 3. The fourth-order valence-electron chi connectivity index (χ4n) is 10.8. The number of sulfonamides is 1. The topological polar surface area (TPSA) is 123 Å². The number of amides is 2. The van der Waals surface area contributed by atoms with Crippen LogP contribution in [-0.2, 0) is 26.7 Å². The maximum absolute atomic E-state index is 13.7. The molecule has 56 heavy (non-hydrogen) atoms. The van der Waals surface area contributed by atoms with Crippen LogP contribution in [0.15, 0.2) is 49.1 Å². The molecule has 2 saturated heterocycles. The standard InChI is InChI=1S/C43H58ClN5O6S/c1-4-40(50)48-20-19-47-18-17-46(24-35(47)25-48)27-43(52)16-5-7-29(2)30(3)56(53,54)45-41(51)32-10-14-39-38(22-32)49(23-33-9-12-37(33)43)26-42(28-55-39)15-6-8-31-21-34(44)11-13-36(31)42/h4,10-11,13-14,21-22,29-30,33,35,37,52H,1,5-9,12,15-20,23-28H2,2-3H3,(H,45,51)/t29-,30+,33-,35-,37+,42-,43-/m0/s1. The zero-order valence-corrected chi connectivity index (χ0v) is 34.5. The third-order valence-corrected chi connectivity index (χ3v) is 16.6. The highest BCUT2D eigenvalue weighted by molar-refractivity contribution is 7.90. The van der Waals surface area contributed by atoms with Crippen LogP contribution in [0.5, 0.6) is 5.75 Å². The predicted molar refractivity (Wildman–Crippen MR) is 219 cm³/mol. The van der Waals surface area contributed by atoms with Crippen molar-refractivity contribution >= 4 is 39.1 Å². The first kappa shape index (κ1) is 39.7. The van der Waals surface area contributed by atoms with Gasteiger partial charge in [-0.1, -0.05) is 37.6 Å². The first-order valence-corrected chi connectivity index (χ1v) is 22.7. The van der Waals surface area contributed by atoms with Crippen LogP contribution < -0.4 is 14.4 Å². The summed E-state index contributed by atoms with van der Waals surface area (Å²) < 4.78 is 36.3. The molecule has 1 saturated carbocycles. The Morgan fingerprint density at radius 2 is 1.86 bits per heavy atom. The van der Waals surface area contributed by atoms with E-state index in [4.69, 9.17) is 16.3 Å². The van der Waals surface area contributed by atoms with Gasteiger partial charge in [0.05, 0.1) is 23.1 Å². The van der Waals surface area contributed by atoms with Crippen molar-refractivity contribution in [2.75, 3.05) is 70.4 Å². The van der Waals surface area contributed by atoms with Crippen LogP contribution in [-0.4, -0.2) is 122 Å². The number of benzene rings is 2. The zero-order valence-electron chi connectivity index (χ0n) is 32.9. The van der Waals surface area contributed by atoms with Gasteiger partial charge in [-0.2, -0.15) is 0 Å². The van der Waals surface area contributed by atoms with E-state index < -0.39 is 26.8 Å². The van der Waals surface area contributed by atoms with Gasteiger partial charge in [0, 0.05) is 80.9 Å². The summed E-state index contributed by atoms with van der Waals surface area (Å²) in [5, 5.41) is 13.0. The number of carbonyl (C=O) groups excluding carboxylic acids is 2. The number of anilines is 1. The van der Waals surface area contributed by atoms with E-state index in [1.807, 2.05) is 24.0 Å². The van der Waals surface area contributed by atoms with Crippen molar-refractivity contribution in [1.29, 1.82) is 0 Å². The SMILES string of the molecule is C=CC(=O)N1CCN2CCN(C[C@@]3(O)CCC[C@H](C)[C@@H](C)S(=O)(=O)NC(=O)c4ccc5c(c4)N(C[C@@H]4CC[C@H]43)C[C@@]3(CCCc4cc(Cl)ccc43)CO5)C[C@H]2C1. The van der Waals surface area contributed by atoms with E-state index in [0.717, 1.165) is 69.0 Å². The molecule has 1 spiro atoms. The first-order chi connectivity index (χ1) is 26.8. The van der Waals surface area contributed by atoms with Gasteiger partial charge in [0.2, 0.25) is 15.9 Å². The Hall–Kier alpha value is -3.16. The van der Waals surface area contributed by atoms with E-state index in [-0.39, 0.29) is 40.7 Å². The summed E-state index contributed by atoms with van der Waals surface area (Å²) in [4.78, 5) is 35.4. The lowest BCUT2D eigenvalue weighted by Gasteiger charge is -2.53. The van der Waals surface area contributed by atoms with Gasteiger partial charge in [-0.25, -0.2) is 13.1 Å². The Morgan fingerprint density at radius 3 is 2.64 bits per heavy atom. The lowest BCUT2D eigenvalue weighted by atomic mass is 9.62. The van der Waals surface area contributed by atoms with Crippen molar-refractivity contribution in [3.05, 3.63) is 70.8 Å². The Kier molecular flexibility index (Phi) is 11.0. The molecule has 0 radical (unpaired) electrons. The molecule has 13 heteroatoms. The van der Waals surface area contributed by atoms with Gasteiger partial charge in [0.15, 0.2) is 0 Å². The summed E-state index contributed by atoms with van der Waals surface area (Å²) in [6.45, 7) is 14.4. The summed E-state index contributed by atoms with van der Waals surface area (Å²) >= 11 is 6.50. The monoisotopic (exact) mass is 807 g/mol. The van der Waals surface area contributed by atoms with E-state index in [1.54, 1.807) is 19.1 Å². The number of hydrogen-bond acceptors (Lipinski definition) is 9.